The Morgan fingerprint density at radius 2 is 1.85 bits per heavy atom. The monoisotopic (exact) mass is 499 g/mol. The number of benzene rings is 2. The Morgan fingerprint density at radius 3 is 2.47 bits per heavy atom. The van der Waals surface area contributed by atoms with Gasteiger partial charge in [-0.3, -0.25) is 10.1 Å². The minimum Gasteiger partial charge on any atom is -0.377 e. The van der Waals surface area contributed by atoms with Crippen LogP contribution in [-0.4, -0.2) is 49.9 Å². The summed E-state index contributed by atoms with van der Waals surface area (Å²) < 4.78 is 32.6. The van der Waals surface area contributed by atoms with E-state index < -0.39 is 10.0 Å². The molecule has 180 valence electrons. The molecule has 0 bridgehead atoms. The van der Waals surface area contributed by atoms with Gasteiger partial charge in [-0.05, 0) is 69.0 Å². The maximum Gasteiger partial charge on any atom is 0.257 e. The fourth-order valence-corrected chi connectivity index (χ4v) is 6.23. The van der Waals surface area contributed by atoms with Crippen LogP contribution in [0.4, 0.5) is 5.13 Å². The van der Waals surface area contributed by atoms with Crippen molar-refractivity contribution in [3.05, 3.63) is 64.0 Å². The lowest BCUT2D eigenvalue weighted by molar-refractivity contribution is 0.0979. The van der Waals surface area contributed by atoms with Crippen molar-refractivity contribution < 1.29 is 17.9 Å². The predicted molar refractivity (Wildman–Crippen MR) is 135 cm³/mol. The molecule has 1 fully saturated rings. The highest BCUT2D eigenvalue weighted by Crippen LogP contribution is 2.31. The molecule has 1 unspecified atom stereocenters. The number of anilines is 1. The smallest absolute Gasteiger partial charge is 0.257 e. The Labute approximate surface area is 204 Å². The molecule has 7 nitrogen and oxygen atoms in total. The van der Waals surface area contributed by atoms with Crippen molar-refractivity contribution in [3.8, 4) is 11.3 Å². The van der Waals surface area contributed by atoms with Crippen LogP contribution in [0.5, 0.6) is 0 Å². The number of nitrogens with one attached hydrogen (secondary N) is 1. The van der Waals surface area contributed by atoms with Gasteiger partial charge in [0.25, 0.3) is 5.91 Å². The van der Waals surface area contributed by atoms with Gasteiger partial charge in [-0.1, -0.05) is 17.7 Å². The molecule has 0 saturated carbocycles. The average Bonchev–Trinajstić information content (AvgIpc) is 3.45. The van der Waals surface area contributed by atoms with E-state index in [0.717, 1.165) is 35.2 Å². The Balaban J connectivity index is 1.45. The minimum absolute atomic E-state index is 0.0690. The van der Waals surface area contributed by atoms with E-state index in [1.54, 1.807) is 7.05 Å². The van der Waals surface area contributed by atoms with Gasteiger partial charge in [-0.25, -0.2) is 13.4 Å². The number of hydrogen-bond acceptors (Lipinski definition) is 6. The molecule has 1 aromatic heterocycles. The molecule has 2 aromatic carbocycles. The molecule has 0 radical (unpaired) electrons. The zero-order valence-electron chi connectivity index (χ0n) is 19.8. The molecule has 1 aliphatic rings. The van der Waals surface area contributed by atoms with E-state index >= 15 is 0 Å². The van der Waals surface area contributed by atoms with Gasteiger partial charge >= 0.3 is 0 Å². The second kappa shape index (κ2) is 9.95. The fourth-order valence-electron chi connectivity index (χ4n) is 4.33. The molecule has 0 aliphatic carbocycles. The molecule has 9 heteroatoms. The Bertz CT molecular complexity index is 1270. The molecule has 3 aromatic rings. The third-order valence-electron chi connectivity index (χ3n) is 5.97. The third-order valence-corrected chi connectivity index (χ3v) is 8.56. The van der Waals surface area contributed by atoms with E-state index in [1.165, 1.54) is 45.5 Å². The van der Waals surface area contributed by atoms with Crippen molar-refractivity contribution in [3.63, 3.8) is 0 Å². The van der Waals surface area contributed by atoms with Gasteiger partial charge in [-0.2, -0.15) is 4.31 Å². The number of aromatic nitrogens is 1. The van der Waals surface area contributed by atoms with E-state index in [9.17, 15) is 13.2 Å². The van der Waals surface area contributed by atoms with Crippen molar-refractivity contribution in [1.29, 1.82) is 0 Å². The van der Waals surface area contributed by atoms with Gasteiger partial charge < -0.3 is 4.74 Å². The topological polar surface area (TPSA) is 88.6 Å². The largest absolute Gasteiger partial charge is 0.377 e. The van der Waals surface area contributed by atoms with Gasteiger partial charge in [0.15, 0.2) is 5.13 Å². The normalized spacial score (nSPS) is 16.2. The van der Waals surface area contributed by atoms with Crippen molar-refractivity contribution >= 4 is 32.4 Å². The van der Waals surface area contributed by atoms with Crippen molar-refractivity contribution in [1.82, 2.24) is 9.29 Å². The lowest BCUT2D eigenvalue weighted by Crippen LogP contribution is -2.34. The molecule has 1 saturated heterocycles. The van der Waals surface area contributed by atoms with Crippen molar-refractivity contribution in [2.75, 3.05) is 25.5 Å². The number of hydrogen-bond donors (Lipinski definition) is 1. The molecule has 4 rings (SSSR count). The Kier molecular flexibility index (Phi) is 7.18. The highest BCUT2D eigenvalue weighted by atomic mass is 32.2. The number of carbonyl (C=O) groups excluding carboxylic acids is 1. The molecule has 1 aliphatic heterocycles. The molecule has 0 spiro atoms. The Hall–Kier alpha value is -2.59. The predicted octanol–water partition coefficient (Wildman–Crippen LogP) is 4.79. The number of ether oxygens (including phenoxy) is 1. The van der Waals surface area contributed by atoms with E-state index in [0.29, 0.717) is 23.8 Å². The highest BCUT2D eigenvalue weighted by Gasteiger charge is 2.26. The lowest BCUT2D eigenvalue weighted by atomic mass is 9.98. The number of rotatable bonds is 7. The van der Waals surface area contributed by atoms with Crippen LogP contribution in [0.1, 0.15) is 39.9 Å². The maximum atomic E-state index is 12.9. The summed E-state index contributed by atoms with van der Waals surface area (Å²) in [5.74, 6) is -0.338. The average molecular weight is 500 g/mol. The zero-order valence-corrected chi connectivity index (χ0v) is 21.4. The number of thiazole rings is 1. The molecule has 1 atom stereocenters. The first-order chi connectivity index (χ1) is 16.1. The molecule has 1 amide bonds. The van der Waals surface area contributed by atoms with E-state index in [1.807, 2.05) is 5.38 Å². The first-order valence-corrected chi connectivity index (χ1v) is 13.5. The number of sulfonamides is 1. The van der Waals surface area contributed by atoms with Crippen LogP contribution in [0.2, 0.25) is 0 Å². The van der Waals surface area contributed by atoms with Crippen LogP contribution >= 0.6 is 11.3 Å². The third kappa shape index (κ3) is 5.22. The number of likely N-dealkylation sites (N-methyl/N-ethyl adjacent to an activating group) is 1. The van der Waals surface area contributed by atoms with Crippen LogP contribution in [0.25, 0.3) is 11.3 Å². The van der Waals surface area contributed by atoms with E-state index in [4.69, 9.17) is 4.74 Å². The summed E-state index contributed by atoms with van der Waals surface area (Å²) in [4.78, 5) is 17.5. The second-order valence-corrected chi connectivity index (χ2v) is 11.6. The summed E-state index contributed by atoms with van der Waals surface area (Å²) in [5, 5.41) is 5.24. The molecular formula is C25H29N3O4S2. The minimum atomic E-state index is -3.66. The summed E-state index contributed by atoms with van der Waals surface area (Å²) >= 11 is 1.36. The van der Waals surface area contributed by atoms with E-state index in [2.05, 4.69) is 43.2 Å². The fraction of sp³-hybridized carbons (Fsp3) is 0.360. The number of carbonyl (C=O) groups is 1. The molecule has 1 N–H and O–H groups in total. The molecular weight excluding hydrogens is 470 g/mol. The van der Waals surface area contributed by atoms with Crippen molar-refractivity contribution in [2.45, 2.75) is 44.6 Å². The summed E-state index contributed by atoms with van der Waals surface area (Å²) in [5.41, 5.74) is 5.74. The molecule has 2 heterocycles. The van der Waals surface area contributed by atoms with E-state index in [-0.39, 0.29) is 16.9 Å². The number of aryl methyl sites for hydroxylation is 3. The van der Waals surface area contributed by atoms with Gasteiger partial charge in [0.1, 0.15) is 0 Å². The summed E-state index contributed by atoms with van der Waals surface area (Å²) in [6, 6.07) is 10.2. The van der Waals surface area contributed by atoms with Gasteiger partial charge in [0.05, 0.1) is 16.7 Å². The van der Waals surface area contributed by atoms with Gasteiger partial charge in [0, 0.05) is 36.7 Å². The standard InChI is InChI=1S/C25H29N3O4S2/c1-16-12-17(2)23(18(3)13-16)22-15-33-25(26-22)27-24(29)19-7-9-21(10-8-19)34(30,31)28(4)14-20-6-5-11-32-20/h7-10,12-13,15,20H,5-6,11,14H2,1-4H3,(H,26,27,29). The van der Waals surface area contributed by atoms with Crippen LogP contribution in [0, 0.1) is 20.8 Å². The summed E-state index contributed by atoms with van der Waals surface area (Å²) in [7, 11) is -2.10. The van der Waals surface area contributed by atoms with Crippen LogP contribution in [0.3, 0.4) is 0 Å². The zero-order chi connectivity index (χ0) is 24.5. The molecule has 34 heavy (non-hydrogen) atoms. The van der Waals surface area contributed by atoms with Crippen LogP contribution < -0.4 is 5.32 Å². The first-order valence-electron chi connectivity index (χ1n) is 11.2. The Morgan fingerprint density at radius 1 is 1.18 bits per heavy atom. The quantitative estimate of drug-likeness (QED) is 0.505. The van der Waals surface area contributed by atoms with Gasteiger partial charge in [0.2, 0.25) is 10.0 Å². The summed E-state index contributed by atoms with van der Waals surface area (Å²) in [6.07, 6.45) is 1.74. The van der Waals surface area contributed by atoms with Crippen LogP contribution in [-0.2, 0) is 14.8 Å². The second-order valence-electron chi connectivity index (χ2n) is 8.71. The first kappa shape index (κ1) is 24.5. The van der Waals surface area contributed by atoms with Gasteiger partial charge in [-0.15, -0.1) is 11.3 Å². The number of amides is 1. The van der Waals surface area contributed by atoms with Crippen LogP contribution in [0.15, 0.2) is 46.7 Å². The van der Waals surface area contributed by atoms with Crippen molar-refractivity contribution in [2.24, 2.45) is 0 Å². The SMILES string of the molecule is Cc1cc(C)c(-c2csc(NC(=O)c3ccc(S(=O)(=O)N(C)CC4CCCO4)cc3)n2)c(C)c1. The lowest BCUT2D eigenvalue weighted by Gasteiger charge is -2.20. The maximum absolute atomic E-state index is 12.9. The highest BCUT2D eigenvalue weighted by molar-refractivity contribution is 7.89. The number of nitrogens with zero attached hydrogens (tertiary/aromatic N) is 2. The summed E-state index contributed by atoms with van der Waals surface area (Å²) in [6.45, 7) is 7.17.